The van der Waals surface area contributed by atoms with Gasteiger partial charge in [-0.15, -0.1) is 0 Å². The first kappa shape index (κ1) is 9.53. The van der Waals surface area contributed by atoms with Gasteiger partial charge in [0.25, 0.3) is 0 Å². The molecule has 0 aromatic heterocycles. The van der Waals surface area contributed by atoms with Crippen LogP contribution in [0.5, 0.6) is 0 Å². The number of rotatable bonds is 2. The normalized spacial score (nSPS) is 38.5. The highest BCUT2D eigenvalue weighted by Crippen LogP contribution is 2.45. The maximum atomic E-state index is 11.7. The molecule has 0 amide bonds. The van der Waals surface area contributed by atoms with E-state index in [0.29, 0.717) is 11.0 Å². The van der Waals surface area contributed by atoms with Crippen molar-refractivity contribution < 1.29 is 4.79 Å². The molecule has 0 spiro atoms. The van der Waals surface area contributed by atoms with E-state index in [9.17, 15) is 4.79 Å². The van der Waals surface area contributed by atoms with E-state index in [1.807, 2.05) is 6.26 Å². The Labute approximate surface area is 84.1 Å². The third-order valence-corrected chi connectivity index (χ3v) is 4.24. The molecule has 1 aliphatic carbocycles. The van der Waals surface area contributed by atoms with E-state index in [4.69, 9.17) is 0 Å². The van der Waals surface area contributed by atoms with Crippen molar-refractivity contribution in [3.05, 3.63) is 0 Å². The fourth-order valence-electron chi connectivity index (χ4n) is 2.69. The predicted molar refractivity (Wildman–Crippen MR) is 55.8 cm³/mol. The van der Waals surface area contributed by atoms with Crippen molar-refractivity contribution in [3.8, 4) is 0 Å². The fraction of sp³-hybridized carbons (Fsp3) is 0.900. The summed E-state index contributed by atoms with van der Waals surface area (Å²) < 4.78 is 0. The van der Waals surface area contributed by atoms with E-state index >= 15 is 0 Å². The number of nitrogens with zero attached hydrogens (tertiary/aromatic N) is 1. The molecule has 2 fully saturated rings. The van der Waals surface area contributed by atoms with Crippen LogP contribution in [0.3, 0.4) is 0 Å². The van der Waals surface area contributed by atoms with Gasteiger partial charge in [-0.1, -0.05) is 18.7 Å². The second-order valence-electron chi connectivity index (χ2n) is 4.06. The van der Waals surface area contributed by atoms with E-state index in [-0.39, 0.29) is 6.04 Å². The molecule has 13 heavy (non-hydrogen) atoms. The topological polar surface area (TPSA) is 20.3 Å². The number of fused-ring (bicyclic) bond motifs is 1. The monoisotopic (exact) mass is 199 g/mol. The molecule has 1 aliphatic heterocycles. The maximum absolute atomic E-state index is 11.7. The second-order valence-corrected chi connectivity index (χ2v) is 4.87. The van der Waals surface area contributed by atoms with E-state index in [1.54, 1.807) is 0 Å². The van der Waals surface area contributed by atoms with Crippen molar-refractivity contribution in [1.82, 2.24) is 4.90 Å². The number of carbonyl (C=O) groups is 1. The van der Waals surface area contributed by atoms with Crippen LogP contribution in [0.4, 0.5) is 0 Å². The fourth-order valence-corrected chi connectivity index (χ4v) is 3.26. The van der Waals surface area contributed by atoms with Crippen LogP contribution < -0.4 is 0 Å². The van der Waals surface area contributed by atoms with E-state index in [0.717, 1.165) is 19.0 Å². The molecule has 0 aromatic carbocycles. The minimum absolute atomic E-state index is 0.249. The Hall–Kier alpha value is -0.0200. The van der Waals surface area contributed by atoms with Crippen molar-refractivity contribution in [2.45, 2.75) is 25.8 Å². The van der Waals surface area contributed by atoms with Gasteiger partial charge in [-0.25, -0.2) is 0 Å². The Morgan fingerprint density at radius 1 is 1.54 bits per heavy atom. The van der Waals surface area contributed by atoms with Gasteiger partial charge in [0.05, 0.1) is 6.04 Å². The average molecular weight is 199 g/mol. The molecule has 1 saturated heterocycles. The van der Waals surface area contributed by atoms with E-state index in [1.165, 1.54) is 24.6 Å². The van der Waals surface area contributed by atoms with Gasteiger partial charge in [0.2, 0.25) is 5.12 Å². The third-order valence-electron chi connectivity index (χ3n) is 3.59. The molecule has 74 valence electrons. The number of hydrogen-bond acceptors (Lipinski definition) is 3. The maximum Gasteiger partial charge on any atom is 0.206 e. The van der Waals surface area contributed by atoms with Gasteiger partial charge < -0.3 is 0 Å². The van der Waals surface area contributed by atoms with Crippen molar-refractivity contribution in [2.24, 2.45) is 11.8 Å². The van der Waals surface area contributed by atoms with Crippen LogP contribution >= 0.6 is 11.8 Å². The summed E-state index contributed by atoms with van der Waals surface area (Å²) in [6.07, 6.45) is 4.53. The first-order valence-electron chi connectivity index (χ1n) is 5.09. The smallest absolute Gasteiger partial charge is 0.206 e. The largest absolute Gasteiger partial charge is 0.293 e. The predicted octanol–water partition coefficient (Wildman–Crippen LogP) is 1.61. The molecule has 3 unspecified atom stereocenters. The molecule has 1 heterocycles. The van der Waals surface area contributed by atoms with Crippen LogP contribution in [-0.4, -0.2) is 35.4 Å². The van der Waals surface area contributed by atoms with Gasteiger partial charge in [-0.2, -0.15) is 0 Å². The SMILES string of the molecule is CCN1CC2CCC2C1C(=O)SC. The summed E-state index contributed by atoms with van der Waals surface area (Å²) >= 11 is 1.40. The van der Waals surface area contributed by atoms with Gasteiger partial charge in [0.15, 0.2) is 0 Å². The molecule has 2 aliphatic rings. The van der Waals surface area contributed by atoms with Gasteiger partial charge in [0, 0.05) is 6.54 Å². The van der Waals surface area contributed by atoms with Crippen molar-refractivity contribution >= 4 is 16.9 Å². The van der Waals surface area contributed by atoms with Gasteiger partial charge in [-0.05, 0) is 37.5 Å². The summed E-state index contributed by atoms with van der Waals surface area (Å²) in [6.45, 7) is 4.35. The van der Waals surface area contributed by atoms with Crippen LogP contribution in [0.1, 0.15) is 19.8 Å². The van der Waals surface area contributed by atoms with Gasteiger partial charge >= 0.3 is 0 Å². The quantitative estimate of drug-likeness (QED) is 0.674. The number of likely N-dealkylation sites (N-methyl/N-ethyl adjacent to an activating group) is 1. The van der Waals surface area contributed by atoms with Crippen LogP contribution in [-0.2, 0) is 4.79 Å². The number of thioether (sulfide) groups is 1. The van der Waals surface area contributed by atoms with Crippen molar-refractivity contribution in [3.63, 3.8) is 0 Å². The highest BCUT2D eigenvalue weighted by Gasteiger charge is 2.48. The summed E-state index contributed by atoms with van der Waals surface area (Å²) in [5.74, 6) is 1.53. The Kier molecular flexibility index (Phi) is 2.65. The lowest BCUT2D eigenvalue weighted by molar-refractivity contribution is -0.116. The number of carbonyl (C=O) groups excluding carboxylic acids is 1. The van der Waals surface area contributed by atoms with Gasteiger partial charge in [-0.3, -0.25) is 9.69 Å². The molecule has 2 nitrogen and oxygen atoms in total. The number of hydrogen-bond donors (Lipinski definition) is 0. The third kappa shape index (κ3) is 1.42. The Morgan fingerprint density at radius 2 is 2.31 bits per heavy atom. The van der Waals surface area contributed by atoms with E-state index in [2.05, 4.69) is 11.8 Å². The van der Waals surface area contributed by atoms with Crippen LogP contribution in [0.25, 0.3) is 0 Å². The lowest BCUT2D eigenvalue weighted by Gasteiger charge is -2.32. The molecule has 0 bridgehead atoms. The Morgan fingerprint density at radius 3 is 2.77 bits per heavy atom. The minimum Gasteiger partial charge on any atom is -0.293 e. The zero-order valence-electron chi connectivity index (χ0n) is 8.32. The van der Waals surface area contributed by atoms with Crippen molar-refractivity contribution in [2.75, 3.05) is 19.3 Å². The summed E-state index contributed by atoms with van der Waals surface area (Å²) in [6, 6.07) is 0.249. The number of likely N-dealkylation sites (tertiary alicyclic amines) is 1. The summed E-state index contributed by atoms with van der Waals surface area (Å²) in [7, 11) is 0. The molecular weight excluding hydrogens is 182 g/mol. The standard InChI is InChI=1S/C10H17NOS/c1-3-11-6-7-4-5-8(7)9(11)10(12)13-2/h7-9H,3-6H2,1-2H3. The minimum atomic E-state index is 0.249. The zero-order chi connectivity index (χ0) is 9.42. The first-order chi connectivity index (χ1) is 6.27. The lowest BCUT2D eigenvalue weighted by atomic mass is 9.73. The second kappa shape index (κ2) is 3.62. The molecule has 2 rings (SSSR count). The Bertz CT molecular complexity index is 219. The highest BCUT2D eigenvalue weighted by molar-refractivity contribution is 8.13. The Balaban J connectivity index is 2.09. The first-order valence-corrected chi connectivity index (χ1v) is 6.32. The molecule has 3 heteroatoms. The van der Waals surface area contributed by atoms with Crippen LogP contribution in [0, 0.1) is 11.8 Å². The molecule has 0 aromatic rings. The molecule has 3 atom stereocenters. The van der Waals surface area contributed by atoms with Crippen LogP contribution in [0.15, 0.2) is 0 Å². The summed E-state index contributed by atoms with van der Waals surface area (Å²) in [5, 5.41) is 0.383. The average Bonchev–Trinajstić information content (AvgIpc) is 2.37. The zero-order valence-corrected chi connectivity index (χ0v) is 9.14. The summed E-state index contributed by atoms with van der Waals surface area (Å²) in [5.41, 5.74) is 0. The lowest BCUT2D eigenvalue weighted by Crippen LogP contribution is -2.39. The van der Waals surface area contributed by atoms with E-state index < -0.39 is 0 Å². The summed E-state index contributed by atoms with van der Waals surface area (Å²) in [4.78, 5) is 14.1. The van der Waals surface area contributed by atoms with Gasteiger partial charge in [0.1, 0.15) is 0 Å². The van der Waals surface area contributed by atoms with Crippen LogP contribution in [0.2, 0.25) is 0 Å². The molecule has 1 saturated carbocycles. The highest BCUT2D eigenvalue weighted by atomic mass is 32.2. The molecular formula is C10H17NOS. The molecule has 0 N–H and O–H groups in total. The molecule has 0 radical (unpaired) electrons. The van der Waals surface area contributed by atoms with Crippen molar-refractivity contribution in [1.29, 1.82) is 0 Å².